The van der Waals surface area contributed by atoms with E-state index >= 15 is 0 Å². The predicted molar refractivity (Wildman–Crippen MR) is 67.6 cm³/mol. The van der Waals surface area contributed by atoms with Crippen molar-refractivity contribution >= 4 is 5.97 Å². The molecule has 0 radical (unpaired) electrons. The van der Waals surface area contributed by atoms with Gasteiger partial charge >= 0.3 is 5.97 Å². The molecule has 0 heterocycles. The first kappa shape index (κ1) is 15.6. The summed E-state index contributed by atoms with van der Waals surface area (Å²) in [6.45, 7) is 2.08. The fraction of sp³-hybridized carbons (Fsp3) is 0.462. The predicted octanol–water partition coefficient (Wildman–Crippen LogP) is 1.01. The van der Waals surface area contributed by atoms with Gasteiger partial charge in [-0.2, -0.15) is 0 Å². The van der Waals surface area contributed by atoms with Crippen molar-refractivity contribution in [2.75, 3.05) is 26.4 Å². The van der Waals surface area contributed by atoms with Gasteiger partial charge in [0.1, 0.15) is 5.82 Å². The van der Waals surface area contributed by atoms with Crippen LogP contribution in [0.3, 0.4) is 0 Å². The minimum atomic E-state index is -1.27. The van der Waals surface area contributed by atoms with Crippen molar-refractivity contribution < 1.29 is 24.1 Å². The number of hydrogen-bond donors (Lipinski definition) is 3. The van der Waals surface area contributed by atoms with Gasteiger partial charge in [0.2, 0.25) is 0 Å². The maximum Gasteiger partial charge on any atom is 0.338 e. The Labute approximate surface area is 111 Å². The average Bonchev–Trinajstić information content (AvgIpc) is 2.37. The van der Waals surface area contributed by atoms with Crippen molar-refractivity contribution in [1.82, 2.24) is 5.32 Å². The van der Waals surface area contributed by atoms with Crippen LogP contribution >= 0.6 is 0 Å². The number of halogens is 1. The quantitative estimate of drug-likeness (QED) is 0.584. The smallest absolute Gasteiger partial charge is 0.338 e. The lowest BCUT2D eigenvalue weighted by atomic mass is 10.1. The largest absolute Gasteiger partial charge is 0.478 e. The molecule has 6 heteroatoms. The number of nitrogens with one attached hydrogen (secondary N) is 1. The molecule has 0 aliphatic rings. The Balaban J connectivity index is 2.26. The average molecular weight is 271 g/mol. The maximum atomic E-state index is 13.4. The number of carboxylic acids is 1. The highest BCUT2D eigenvalue weighted by Gasteiger charge is 2.09. The third-order valence-corrected chi connectivity index (χ3v) is 2.47. The summed E-state index contributed by atoms with van der Waals surface area (Å²) in [6.07, 6.45) is 0.787. The maximum absolute atomic E-state index is 13.4. The van der Waals surface area contributed by atoms with E-state index in [1.54, 1.807) is 6.07 Å². The topological polar surface area (TPSA) is 78.8 Å². The summed E-state index contributed by atoms with van der Waals surface area (Å²) in [6, 6.07) is 4.07. The number of aliphatic hydroxyl groups excluding tert-OH is 1. The highest BCUT2D eigenvalue weighted by atomic mass is 19.1. The van der Waals surface area contributed by atoms with E-state index in [9.17, 15) is 9.18 Å². The highest BCUT2D eigenvalue weighted by Crippen LogP contribution is 2.10. The lowest BCUT2D eigenvalue weighted by molar-refractivity contribution is 0.0692. The number of rotatable bonds is 9. The summed E-state index contributed by atoms with van der Waals surface area (Å²) < 4.78 is 18.4. The van der Waals surface area contributed by atoms with Crippen LogP contribution < -0.4 is 5.32 Å². The number of ether oxygens (including phenoxy) is 1. The zero-order valence-electron chi connectivity index (χ0n) is 10.6. The molecule has 0 saturated heterocycles. The summed E-state index contributed by atoms with van der Waals surface area (Å²) in [5, 5.41) is 20.3. The van der Waals surface area contributed by atoms with Crippen LogP contribution in [-0.2, 0) is 11.3 Å². The van der Waals surface area contributed by atoms with Gasteiger partial charge in [-0.05, 0) is 30.7 Å². The van der Waals surface area contributed by atoms with E-state index < -0.39 is 11.8 Å². The first-order chi connectivity index (χ1) is 9.15. The second-order valence-electron chi connectivity index (χ2n) is 3.99. The molecule has 1 aromatic carbocycles. The zero-order valence-corrected chi connectivity index (χ0v) is 10.6. The molecule has 5 nitrogen and oxygen atoms in total. The monoisotopic (exact) mass is 271 g/mol. The van der Waals surface area contributed by atoms with E-state index in [0.717, 1.165) is 6.42 Å². The Hall–Kier alpha value is -1.50. The molecule has 0 aliphatic heterocycles. The Morgan fingerprint density at radius 1 is 1.37 bits per heavy atom. The summed E-state index contributed by atoms with van der Waals surface area (Å²) in [7, 11) is 0. The molecule has 0 saturated carbocycles. The van der Waals surface area contributed by atoms with Crippen LogP contribution in [-0.4, -0.2) is 42.5 Å². The molecular formula is C13H18FNO4. The molecule has 1 rings (SSSR count). The Kier molecular flexibility index (Phi) is 7.02. The molecular weight excluding hydrogens is 253 g/mol. The van der Waals surface area contributed by atoms with Crippen LogP contribution in [0.5, 0.6) is 0 Å². The first-order valence-corrected chi connectivity index (χ1v) is 6.06. The Morgan fingerprint density at radius 3 is 2.79 bits per heavy atom. The van der Waals surface area contributed by atoms with Gasteiger partial charge in [-0.15, -0.1) is 0 Å². The molecule has 19 heavy (non-hydrogen) atoms. The SMILES string of the molecule is O=C(O)c1ccc(CNCCCOCCO)cc1F. The second-order valence-corrected chi connectivity index (χ2v) is 3.99. The lowest BCUT2D eigenvalue weighted by Gasteiger charge is -2.06. The number of carbonyl (C=O) groups is 1. The van der Waals surface area contributed by atoms with Crippen LogP contribution in [0, 0.1) is 5.82 Å². The van der Waals surface area contributed by atoms with E-state index in [2.05, 4.69) is 5.32 Å². The van der Waals surface area contributed by atoms with Gasteiger partial charge in [-0.1, -0.05) is 6.07 Å². The van der Waals surface area contributed by atoms with Gasteiger partial charge in [-0.25, -0.2) is 9.18 Å². The molecule has 0 amide bonds. The highest BCUT2D eigenvalue weighted by molar-refractivity contribution is 5.87. The molecule has 0 atom stereocenters. The van der Waals surface area contributed by atoms with Crippen molar-refractivity contribution in [3.63, 3.8) is 0 Å². The van der Waals surface area contributed by atoms with Gasteiger partial charge in [0.15, 0.2) is 0 Å². The number of benzene rings is 1. The molecule has 0 bridgehead atoms. The van der Waals surface area contributed by atoms with Crippen LogP contribution in [0.2, 0.25) is 0 Å². The Morgan fingerprint density at radius 2 is 2.16 bits per heavy atom. The van der Waals surface area contributed by atoms with Gasteiger partial charge < -0.3 is 20.3 Å². The number of carboxylic acid groups (broad SMARTS) is 1. The van der Waals surface area contributed by atoms with Crippen molar-refractivity contribution in [1.29, 1.82) is 0 Å². The molecule has 0 aromatic heterocycles. The minimum absolute atomic E-state index is 0.0165. The van der Waals surface area contributed by atoms with Crippen LogP contribution in [0.15, 0.2) is 18.2 Å². The first-order valence-electron chi connectivity index (χ1n) is 6.06. The second kappa shape index (κ2) is 8.58. The van der Waals surface area contributed by atoms with Gasteiger partial charge in [0.05, 0.1) is 18.8 Å². The molecule has 0 unspecified atom stereocenters. The molecule has 106 valence electrons. The van der Waals surface area contributed by atoms with E-state index in [0.29, 0.717) is 31.9 Å². The third-order valence-electron chi connectivity index (χ3n) is 2.47. The minimum Gasteiger partial charge on any atom is -0.478 e. The van der Waals surface area contributed by atoms with Gasteiger partial charge in [-0.3, -0.25) is 0 Å². The summed E-state index contributed by atoms with van der Waals surface area (Å²) in [5.41, 5.74) is 0.375. The van der Waals surface area contributed by atoms with Crippen LogP contribution in [0.4, 0.5) is 4.39 Å². The van der Waals surface area contributed by atoms with Crippen molar-refractivity contribution in [2.45, 2.75) is 13.0 Å². The fourth-order valence-electron chi connectivity index (χ4n) is 1.54. The van der Waals surface area contributed by atoms with Crippen molar-refractivity contribution in [3.05, 3.63) is 35.1 Å². The lowest BCUT2D eigenvalue weighted by Crippen LogP contribution is -2.17. The number of aliphatic hydroxyl groups is 1. The molecule has 0 fully saturated rings. The normalized spacial score (nSPS) is 10.6. The van der Waals surface area contributed by atoms with Crippen molar-refractivity contribution in [2.24, 2.45) is 0 Å². The summed E-state index contributed by atoms with van der Waals surface area (Å²) in [5.74, 6) is -1.99. The van der Waals surface area contributed by atoms with Crippen LogP contribution in [0.25, 0.3) is 0 Å². The summed E-state index contributed by atoms with van der Waals surface area (Å²) in [4.78, 5) is 10.6. The zero-order chi connectivity index (χ0) is 14.1. The number of aromatic carboxylic acids is 1. The summed E-state index contributed by atoms with van der Waals surface area (Å²) >= 11 is 0. The van der Waals surface area contributed by atoms with Gasteiger partial charge in [0.25, 0.3) is 0 Å². The molecule has 1 aromatic rings. The van der Waals surface area contributed by atoms with E-state index in [1.165, 1.54) is 12.1 Å². The van der Waals surface area contributed by atoms with E-state index in [1.807, 2.05) is 0 Å². The van der Waals surface area contributed by atoms with Crippen molar-refractivity contribution in [3.8, 4) is 0 Å². The van der Waals surface area contributed by atoms with E-state index in [-0.39, 0.29) is 12.2 Å². The number of hydrogen-bond acceptors (Lipinski definition) is 4. The van der Waals surface area contributed by atoms with Crippen LogP contribution in [0.1, 0.15) is 22.3 Å². The molecule has 0 spiro atoms. The third kappa shape index (κ3) is 5.78. The van der Waals surface area contributed by atoms with Gasteiger partial charge in [0, 0.05) is 13.2 Å². The fourth-order valence-corrected chi connectivity index (χ4v) is 1.54. The molecule has 0 aliphatic carbocycles. The standard InChI is InChI=1S/C13H18FNO4/c14-12-8-10(2-3-11(12)13(17)18)9-15-4-1-6-19-7-5-16/h2-3,8,15-16H,1,4-7,9H2,(H,17,18). The Bertz CT molecular complexity index is 412. The van der Waals surface area contributed by atoms with E-state index in [4.69, 9.17) is 14.9 Å². The molecule has 3 N–H and O–H groups in total.